The molecule has 1 aromatic rings. The van der Waals surface area contributed by atoms with Gasteiger partial charge >= 0.3 is 0 Å². The van der Waals surface area contributed by atoms with Crippen LogP contribution in [0.2, 0.25) is 0 Å². The molecule has 0 spiro atoms. The molecule has 21 heavy (non-hydrogen) atoms. The summed E-state index contributed by atoms with van der Waals surface area (Å²) in [6, 6.07) is 8.61. The standard InChI is InChI=1S/C18H30N2O/c1-14(2)18(4,13-19)20-17(21)8-6-5-7-16-11-9-15(3)10-12-16/h9-12,14H,5-8,13,19H2,1-4H3,(H,20,21). The highest BCUT2D eigenvalue weighted by molar-refractivity contribution is 5.76. The molecule has 0 fully saturated rings. The smallest absolute Gasteiger partial charge is 0.220 e. The van der Waals surface area contributed by atoms with E-state index in [0.29, 0.717) is 18.9 Å². The van der Waals surface area contributed by atoms with Crippen LogP contribution in [-0.2, 0) is 11.2 Å². The number of aryl methyl sites for hydroxylation is 2. The van der Waals surface area contributed by atoms with Gasteiger partial charge in [0.2, 0.25) is 5.91 Å². The van der Waals surface area contributed by atoms with E-state index in [4.69, 9.17) is 5.73 Å². The van der Waals surface area contributed by atoms with Gasteiger partial charge in [-0.15, -0.1) is 0 Å². The van der Waals surface area contributed by atoms with Crippen LogP contribution in [0.4, 0.5) is 0 Å². The highest BCUT2D eigenvalue weighted by Crippen LogP contribution is 2.15. The predicted molar refractivity (Wildman–Crippen MR) is 89.2 cm³/mol. The quantitative estimate of drug-likeness (QED) is 0.722. The van der Waals surface area contributed by atoms with Crippen molar-refractivity contribution in [3.63, 3.8) is 0 Å². The summed E-state index contributed by atoms with van der Waals surface area (Å²) < 4.78 is 0. The first-order chi connectivity index (χ1) is 9.87. The molecule has 3 heteroatoms. The fourth-order valence-electron chi connectivity index (χ4n) is 2.18. The van der Waals surface area contributed by atoms with Crippen molar-refractivity contribution < 1.29 is 4.79 Å². The summed E-state index contributed by atoms with van der Waals surface area (Å²) >= 11 is 0. The van der Waals surface area contributed by atoms with Crippen LogP contribution in [0.3, 0.4) is 0 Å². The molecule has 3 N–H and O–H groups in total. The van der Waals surface area contributed by atoms with Crippen molar-refractivity contribution in [1.82, 2.24) is 5.32 Å². The number of rotatable bonds is 8. The van der Waals surface area contributed by atoms with Crippen LogP contribution in [0, 0.1) is 12.8 Å². The summed E-state index contributed by atoms with van der Waals surface area (Å²) in [5.74, 6) is 0.444. The van der Waals surface area contributed by atoms with E-state index in [1.54, 1.807) is 0 Å². The number of nitrogens with one attached hydrogen (secondary N) is 1. The number of amides is 1. The van der Waals surface area contributed by atoms with Gasteiger partial charge in [0.05, 0.1) is 5.54 Å². The molecular weight excluding hydrogens is 260 g/mol. The van der Waals surface area contributed by atoms with Gasteiger partial charge in [-0.2, -0.15) is 0 Å². The summed E-state index contributed by atoms with van der Waals surface area (Å²) in [6.45, 7) is 8.76. The largest absolute Gasteiger partial charge is 0.349 e. The van der Waals surface area contributed by atoms with Crippen LogP contribution in [0.1, 0.15) is 51.2 Å². The van der Waals surface area contributed by atoms with Gasteiger partial charge in [-0.3, -0.25) is 4.79 Å². The molecule has 3 nitrogen and oxygen atoms in total. The number of hydrogen-bond donors (Lipinski definition) is 2. The fraction of sp³-hybridized carbons (Fsp3) is 0.611. The Hall–Kier alpha value is -1.35. The number of unbranched alkanes of at least 4 members (excludes halogenated alkanes) is 1. The highest BCUT2D eigenvalue weighted by Gasteiger charge is 2.28. The van der Waals surface area contributed by atoms with E-state index in [-0.39, 0.29) is 11.4 Å². The lowest BCUT2D eigenvalue weighted by Gasteiger charge is -2.33. The van der Waals surface area contributed by atoms with Crippen molar-refractivity contribution in [1.29, 1.82) is 0 Å². The summed E-state index contributed by atoms with van der Waals surface area (Å²) in [6.07, 6.45) is 3.57. The monoisotopic (exact) mass is 290 g/mol. The van der Waals surface area contributed by atoms with Gasteiger partial charge in [0.25, 0.3) is 0 Å². The fourth-order valence-corrected chi connectivity index (χ4v) is 2.18. The van der Waals surface area contributed by atoms with E-state index in [9.17, 15) is 4.79 Å². The Kier molecular flexibility index (Phi) is 6.90. The SMILES string of the molecule is Cc1ccc(CCCCC(=O)NC(C)(CN)C(C)C)cc1. The Morgan fingerprint density at radius 1 is 1.24 bits per heavy atom. The van der Waals surface area contributed by atoms with E-state index in [1.165, 1.54) is 11.1 Å². The van der Waals surface area contributed by atoms with E-state index in [2.05, 4.69) is 50.4 Å². The van der Waals surface area contributed by atoms with Crippen molar-refractivity contribution >= 4 is 5.91 Å². The van der Waals surface area contributed by atoms with E-state index >= 15 is 0 Å². The highest BCUT2D eigenvalue weighted by atomic mass is 16.1. The van der Waals surface area contributed by atoms with Gasteiger partial charge in [-0.05, 0) is 44.6 Å². The Morgan fingerprint density at radius 2 is 1.86 bits per heavy atom. The van der Waals surface area contributed by atoms with Gasteiger partial charge in [0.1, 0.15) is 0 Å². The maximum absolute atomic E-state index is 12.0. The molecule has 0 saturated carbocycles. The van der Waals surface area contributed by atoms with E-state index < -0.39 is 0 Å². The molecular formula is C18H30N2O. The second kappa shape index (κ2) is 8.18. The van der Waals surface area contributed by atoms with Gasteiger partial charge in [-0.1, -0.05) is 43.7 Å². The topological polar surface area (TPSA) is 55.1 Å². The number of carbonyl (C=O) groups excluding carboxylic acids is 1. The Labute approximate surface area is 129 Å². The average molecular weight is 290 g/mol. The minimum Gasteiger partial charge on any atom is -0.349 e. The van der Waals surface area contributed by atoms with E-state index in [0.717, 1.165) is 19.3 Å². The predicted octanol–water partition coefficient (Wildman–Crippen LogP) is 3.20. The number of carbonyl (C=O) groups is 1. The third kappa shape index (κ3) is 5.88. The second-order valence-electron chi connectivity index (χ2n) is 6.52. The Balaban J connectivity index is 2.29. The Bertz CT molecular complexity index is 439. The summed E-state index contributed by atoms with van der Waals surface area (Å²) in [7, 11) is 0. The van der Waals surface area contributed by atoms with Crippen LogP contribution in [0.25, 0.3) is 0 Å². The molecule has 0 aliphatic rings. The average Bonchev–Trinajstić information content (AvgIpc) is 2.45. The zero-order valence-corrected chi connectivity index (χ0v) is 13.9. The summed E-state index contributed by atoms with van der Waals surface area (Å²) in [5, 5.41) is 3.08. The van der Waals surface area contributed by atoms with Crippen LogP contribution >= 0.6 is 0 Å². The first-order valence-electron chi connectivity index (χ1n) is 7.94. The lowest BCUT2D eigenvalue weighted by atomic mass is 9.88. The third-order valence-electron chi connectivity index (χ3n) is 4.36. The molecule has 0 aliphatic carbocycles. The molecule has 1 aromatic carbocycles. The molecule has 0 saturated heterocycles. The molecule has 0 aliphatic heterocycles. The van der Waals surface area contributed by atoms with Gasteiger partial charge in [-0.25, -0.2) is 0 Å². The normalized spacial score (nSPS) is 14.0. The maximum atomic E-state index is 12.0. The molecule has 1 amide bonds. The molecule has 1 atom stereocenters. The van der Waals surface area contributed by atoms with Gasteiger partial charge in [0.15, 0.2) is 0 Å². The van der Waals surface area contributed by atoms with Gasteiger partial charge in [0, 0.05) is 13.0 Å². The van der Waals surface area contributed by atoms with Crippen molar-refractivity contribution in [3.8, 4) is 0 Å². The zero-order chi connectivity index (χ0) is 15.9. The number of benzene rings is 1. The van der Waals surface area contributed by atoms with Crippen LogP contribution < -0.4 is 11.1 Å². The number of nitrogens with two attached hydrogens (primary N) is 1. The summed E-state index contributed by atoms with van der Waals surface area (Å²) in [4.78, 5) is 12.0. The Morgan fingerprint density at radius 3 is 2.38 bits per heavy atom. The molecule has 0 heterocycles. The van der Waals surface area contributed by atoms with Gasteiger partial charge < -0.3 is 11.1 Å². The third-order valence-corrected chi connectivity index (χ3v) is 4.36. The molecule has 0 aromatic heterocycles. The van der Waals surface area contributed by atoms with Crippen molar-refractivity contribution in [3.05, 3.63) is 35.4 Å². The van der Waals surface area contributed by atoms with Crippen molar-refractivity contribution in [2.45, 2.75) is 58.9 Å². The molecule has 1 unspecified atom stereocenters. The first kappa shape index (κ1) is 17.7. The lowest BCUT2D eigenvalue weighted by Crippen LogP contribution is -2.54. The van der Waals surface area contributed by atoms with Crippen molar-refractivity contribution in [2.75, 3.05) is 6.54 Å². The molecule has 1 rings (SSSR count). The molecule has 0 bridgehead atoms. The van der Waals surface area contributed by atoms with Crippen LogP contribution in [-0.4, -0.2) is 18.0 Å². The van der Waals surface area contributed by atoms with Crippen LogP contribution in [0.15, 0.2) is 24.3 Å². The van der Waals surface area contributed by atoms with Crippen LogP contribution in [0.5, 0.6) is 0 Å². The van der Waals surface area contributed by atoms with Crippen molar-refractivity contribution in [2.24, 2.45) is 11.7 Å². The molecule has 0 radical (unpaired) electrons. The second-order valence-corrected chi connectivity index (χ2v) is 6.52. The molecule has 118 valence electrons. The minimum atomic E-state index is -0.298. The number of hydrogen-bond acceptors (Lipinski definition) is 2. The zero-order valence-electron chi connectivity index (χ0n) is 13.9. The maximum Gasteiger partial charge on any atom is 0.220 e. The minimum absolute atomic E-state index is 0.112. The lowest BCUT2D eigenvalue weighted by molar-refractivity contribution is -0.123. The summed E-state index contributed by atoms with van der Waals surface area (Å²) in [5.41, 5.74) is 8.11. The first-order valence-corrected chi connectivity index (χ1v) is 7.94. The van der Waals surface area contributed by atoms with E-state index in [1.807, 2.05) is 6.92 Å².